The second-order valence-corrected chi connectivity index (χ2v) is 4.52. The minimum atomic E-state index is 0.253. The van der Waals surface area contributed by atoms with Crippen molar-refractivity contribution in [3.8, 4) is 0 Å². The van der Waals surface area contributed by atoms with Crippen LogP contribution in [0.25, 0.3) is 0 Å². The molecule has 0 heterocycles. The lowest BCUT2D eigenvalue weighted by molar-refractivity contribution is 0.175. The lowest BCUT2D eigenvalue weighted by atomic mass is 10.2. The van der Waals surface area contributed by atoms with E-state index in [4.69, 9.17) is 0 Å². The third-order valence-electron chi connectivity index (χ3n) is 3.03. The maximum absolute atomic E-state index is 9.24. The van der Waals surface area contributed by atoms with E-state index in [0.717, 1.165) is 19.1 Å². The van der Waals surface area contributed by atoms with Gasteiger partial charge >= 0.3 is 0 Å². The number of nitrogens with one attached hydrogen (secondary N) is 1. The topological polar surface area (TPSA) is 35.5 Å². The normalized spacial score (nSPS) is 18.4. The quantitative estimate of drug-likeness (QED) is 0.606. The molecule has 0 aliphatic heterocycles. The summed E-state index contributed by atoms with van der Waals surface area (Å²) in [5, 5.41) is 12.6. The van der Waals surface area contributed by atoms with Gasteiger partial charge in [0.25, 0.3) is 0 Å². The maximum Gasteiger partial charge on any atom is 0.0597 e. The predicted octanol–water partition coefficient (Wildman–Crippen LogP) is 1.22. The first-order chi connectivity index (χ1) is 7.31. The summed E-state index contributed by atoms with van der Waals surface area (Å²) in [5.41, 5.74) is 0. The first kappa shape index (κ1) is 12.9. The number of aliphatic hydroxyl groups is 1. The number of nitrogens with zero attached hydrogens (tertiary/aromatic N) is 1. The summed E-state index contributed by atoms with van der Waals surface area (Å²) in [6, 6.07) is 1.07. The van der Waals surface area contributed by atoms with Crippen molar-refractivity contribution in [3.63, 3.8) is 0 Å². The molecule has 0 amide bonds. The van der Waals surface area contributed by atoms with E-state index in [-0.39, 0.29) is 12.6 Å². The molecule has 3 heteroatoms. The van der Waals surface area contributed by atoms with E-state index >= 15 is 0 Å². The Bertz CT molecular complexity index is 160. The van der Waals surface area contributed by atoms with Crippen LogP contribution < -0.4 is 5.32 Å². The molecule has 1 aliphatic rings. The van der Waals surface area contributed by atoms with Crippen LogP contribution in [0, 0.1) is 0 Å². The fraction of sp³-hybridized carbons (Fsp3) is 1.00. The molecular formula is C12H26N2O. The molecule has 1 fully saturated rings. The average molecular weight is 214 g/mol. The second-order valence-electron chi connectivity index (χ2n) is 4.52. The summed E-state index contributed by atoms with van der Waals surface area (Å²) in [6.45, 7) is 7.73. The average Bonchev–Trinajstić information content (AvgIpc) is 3.06. The molecule has 0 aromatic carbocycles. The number of rotatable bonds is 9. The van der Waals surface area contributed by atoms with Gasteiger partial charge in [0.15, 0.2) is 0 Å². The van der Waals surface area contributed by atoms with Crippen molar-refractivity contribution in [1.29, 1.82) is 0 Å². The highest BCUT2D eigenvalue weighted by atomic mass is 16.3. The maximum atomic E-state index is 9.24. The Kier molecular flexibility index (Phi) is 6.22. The Labute approximate surface area is 93.9 Å². The van der Waals surface area contributed by atoms with E-state index in [2.05, 4.69) is 24.1 Å². The molecule has 2 N–H and O–H groups in total. The lowest BCUT2D eigenvalue weighted by Gasteiger charge is -2.26. The Morgan fingerprint density at radius 2 is 2.13 bits per heavy atom. The number of hydrogen-bond acceptors (Lipinski definition) is 3. The van der Waals surface area contributed by atoms with E-state index in [0.29, 0.717) is 0 Å². The molecule has 0 aromatic rings. The van der Waals surface area contributed by atoms with Gasteiger partial charge in [0, 0.05) is 18.6 Å². The molecule has 0 spiro atoms. The van der Waals surface area contributed by atoms with Crippen LogP contribution in [0.1, 0.15) is 39.5 Å². The zero-order valence-electron chi connectivity index (χ0n) is 10.2. The Hall–Kier alpha value is -0.120. The van der Waals surface area contributed by atoms with Gasteiger partial charge in [-0.2, -0.15) is 0 Å². The SMILES string of the molecule is CCCCN(CC(CO)NCC)C1CC1. The van der Waals surface area contributed by atoms with E-state index in [1.165, 1.54) is 32.2 Å². The first-order valence-corrected chi connectivity index (χ1v) is 6.40. The minimum Gasteiger partial charge on any atom is -0.395 e. The molecule has 1 atom stereocenters. The number of unbranched alkanes of at least 4 members (excludes halogenated alkanes) is 1. The van der Waals surface area contributed by atoms with Crippen molar-refractivity contribution in [3.05, 3.63) is 0 Å². The van der Waals surface area contributed by atoms with Crippen LogP contribution in [0.15, 0.2) is 0 Å². The Morgan fingerprint density at radius 1 is 1.40 bits per heavy atom. The zero-order valence-corrected chi connectivity index (χ0v) is 10.2. The Morgan fingerprint density at radius 3 is 2.60 bits per heavy atom. The molecule has 0 bridgehead atoms. The second kappa shape index (κ2) is 7.20. The number of aliphatic hydroxyl groups excluding tert-OH is 1. The molecule has 1 saturated carbocycles. The highest BCUT2D eigenvalue weighted by Gasteiger charge is 2.29. The monoisotopic (exact) mass is 214 g/mol. The summed E-state index contributed by atoms with van der Waals surface area (Å²) in [5.74, 6) is 0. The largest absolute Gasteiger partial charge is 0.395 e. The first-order valence-electron chi connectivity index (χ1n) is 6.40. The van der Waals surface area contributed by atoms with Crippen LogP contribution in [-0.4, -0.2) is 48.3 Å². The highest BCUT2D eigenvalue weighted by Crippen LogP contribution is 2.27. The molecule has 1 rings (SSSR count). The molecule has 90 valence electrons. The van der Waals surface area contributed by atoms with Gasteiger partial charge in [-0.15, -0.1) is 0 Å². The van der Waals surface area contributed by atoms with E-state index < -0.39 is 0 Å². The standard InChI is InChI=1S/C12H26N2O/c1-3-5-8-14(12-6-7-12)9-11(10-15)13-4-2/h11-13,15H,3-10H2,1-2H3. The molecule has 0 aromatic heterocycles. The molecule has 0 saturated heterocycles. The van der Waals surface area contributed by atoms with Crippen LogP contribution >= 0.6 is 0 Å². The number of hydrogen-bond donors (Lipinski definition) is 2. The third-order valence-corrected chi connectivity index (χ3v) is 3.03. The van der Waals surface area contributed by atoms with Crippen LogP contribution in [0.3, 0.4) is 0 Å². The van der Waals surface area contributed by atoms with Gasteiger partial charge in [-0.3, -0.25) is 4.90 Å². The summed E-state index contributed by atoms with van der Waals surface area (Å²) >= 11 is 0. The molecular weight excluding hydrogens is 188 g/mol. The van der Waals surface area contributed by atoms with Crippen molar-refractivity contribution in [2.24, 2.45) is 0 Å². The van der Waals surface area contributed by atoms with Crippen molar-refractivity contribution in [2.45, 2.75) is 51.6 Å². The summed E-state index contributed by atoms with van der Waals surface area (Å²) in [6.07, 6.45) is 5.25. The molecule has 1 unspecified atom stereocenters. The predicted molar refractivity (Wildman–Crippen MR) is 64.1 cm³/mol. The van der Waals surface area contributed by atoms with Crippen molar-refractivity contribution in [1.82, 2.24) is 10.2 Å². The summed E-state index contributed by atoms with van der Waals surface area (Å²) < 4.78 is 0. The van der Waals surface area contributed by atoms with Crippen LogP contribution in [0.4, 0.5) is 0 Å². The molecule has 15 heavy (non-hydrogen) atoms. The third kappa shape index (κ3) is 4.96. The van der Waals surface area contributed by atoms with Gasteiger partial charge in [0.05, 0.1) is 6.61 Å². The molecule has 0 radical (unpaired) electrons. The van der Waals surface area contributed by atoms with E-state index in [1.54, 1.807) is 0 Å². The minimum absolute atomic E-state index is 0.253. The van der Waals surface area contributed by atoms with Gasteiger partial charge < -0.3 is 10.4 Å². The van der Waals surface area contributed by atoms with Gasteiger partial charge in [-0.1, -0.05) is 20.3 Å². The van der Waals surface area contributed by atoms with Crippen molar-refractivity contribution >= 4 is 0 Å². The fourth-order valence-corrected chi connectivity index (χ4v) is 1.98. The van der Waals surface area contributed by atoms with E-state index in [1.807, 2.05) is 0 Å². The van der Waals surface area contributed by atoms with Gasteiger partial charge in [-0.25, -0.2) is 0 Å². The van der Waals surface area contributed by atoms with E-state index in [9.17, 15) is 5.11 Å². The Balaban J connectivity index is 2.27. The van der Waals surface area contributed by atoms with Gasteiger partial charge in [0.2, 0.25) is 0 Å². The van der Waals surface area contributed by atoms with Crippen molar-refractivity contribution in [2.75, 3.05) is 26.2 Å². The smallest absolute Gasteiger partial charge is 0.0597 e. The van der Waals surface area contributed by atoms with Crippen molar-refractivity contribution < 1.29 is 5.11 Å². The lowest BCUT2D eigenvalue weighted by Crippen LogP contribution is -2.44. The molecule has 1 aliphatic carbocycles. The fourth-order valence-electron chi connectivity index (χ4n) is 1.98. The van der Waals surface area contributed by atoms with Crippen LogP contribution in [0.2, 0.25) is 0 Å². The van der Waals surface area contributed by atoms with Gasteiger partial charge in [0.1, 0.15) is 0 Å². The summed E-state index contributed by atoms with van der Waals surface area (Å²) in [4.78, 5) is 2.55. The number of likely N-dealkylation sites (N-methyl/N-ethyl adjacent to an activating group) is 1. The van der Waals surface area contributed by atoms with Crippen LogP contribution in [-0.2, 0) is 0 Å². The molecule has 3 nitrogen and oxygen atoms in total. The highest BCUT2D eigenvalue weighted by molar-refractivity contribution is 4.86. The summed E-state index contributed by atoms with van der Waals surface area (Å²) in [7, 11) is 0. The van der Waals surface area contributed by atoms with Crippen LogP contribution in [0.5, 0.6) is 0 Å². The zero-order chi connectivity index (χ0) is 11.1. The van der Waals surface area contributed by atoms with Gasteiger partial charge in [-0.05, 0) is 32.4 Å².